The molecule has 0 saturated heterocycles. The Morgan fingerprint density at radius 1 is 1.22 bits per heavy atom. The Hall–Kier alpha value is -2.24. The summed E-state index contributed by atoms with van der Waals surface area (Å²) >= 11 is 0. The molecule has 0 saturated carbocycles. The Morgan fingerprint density at radius 2 is 1.78 bits per heavy atom. The fraction of sp³-hybridized carbons (Fsp3) is 0.529. The van der Waals surface area contributed by atoms with E-state index in [0.717, 1.165) is 11.3 Å². The van der Waals surface area contributed by atoms with Crippen LogP contribution in [-0.2, 0) is 16.0 Å². The monoisotopic (exact) mass is 320 g/mol. The van der Waals surface area contributed by atoms with E-state index in [-0.39, 0.29) is 11.8 Å². The first-order valence-electron chi connectivity index (χ1n) is 7.52. The summed E-state index contributed by atoms with van der Waals surface area (Å²) in [6, 6.07) is 3.07. The zero-order valence-electron chi connectivity index (χ0n) is 14.5. The van der Waals surface area contributed by atoms with Crippen LogP contribution in [0.5, 0.6) is 11.5 Å². The molecule has 1 aliphatic heterocycles. The van der Waals surface area contributed by atoms with Gasteiger partial charge in [0, 0.05) is 24.9 Å². The van der Waals surface area contributed by atoms with E-state index in [4.69, 9.17) is 9.47 Å². The highest BCUT2D eigenvalue weighted by molar-refractivity contribution is 6.02. The van der Waals surface area contributed by atoms with Crippen molar-refractivity contribution in [2.24, 2.45) is 5.41 Å². The van der Waals surface area contributed by atoms with Crippen LogP contribution in [0.3, 0.4) is 0 Å². The molecular weight excluding hydrogens is 296 g/mol. The van der Waals surface area contributed by atoms with Gasteiger partial charge in [-0.3, -0.25) is 9.59 Å². The van der Waals surface area contributed by atoms with Crippen molar-refractivity contribution in [3.63, 3.8) is 0 Å². The highest BCUT2D eigenvalue weighted by Crippen LogP contribution is 2.37. The first-order valence-corrected chi connectivity index (χ1v) is 7.52. The van der Waals surface area contributed by atoms with E-state index >= 15 is 0 Å². The highest BCUT2D eigenvalue weighted by atomic mass is 16.5. The molecule has 1 aliphatic rings. The molecule has 2 rings (SSSR count). The number of carbonyl (C=O) groups is 2. The molecule has 23 heavy (non-hydrogen) atoms. The molecular formula is C17H24N2O4. The van der Waals surface area contributed by atoms with Crippen molar-refractivity contribution >= 4 is 17.5 Å². The predicted octanol–water partition coefficient (Wildman–Crippen LogP) is 1.75. The molecule has 1 N–H and O–H groups in total. The second-order valence-corrected chi connectivity index (χ2v) is 6.71. The number of hydrogen-bond acceptors (Lipinski definition) is 4. The number of rotatable bonds is 3. The van der Waals surface area contributed by atoms with Gasteiger partial charge in [0.15, 0.2) is 11.5 Å². The minimum atomic E-state index is -0.572. The zero-order chi connectivity index (χ0) is 17.4. The first kappa shape index (κ1) is 17.1. The number of amides is 2. The molecule has 6 nitrogen and oxygen atoms in total. The van der Waals surface area contributed by atoms with E-state index in [9.17, 15) is 9.59 Å². The summed E-state index contributed by atoms with van der Waals surface area (Å²) in [5.41, 5.74) is 1.16. The number of benzene rings is 1. The lowest BCUT2D eigenvalue weighted by molar-refractivity contribution is -0.132. The third-order valence-electron chi connectivity index (χ3n) is 3.99. The molecule has 1 heterocycles. The second-order valence-electron chi connectivity index (χ2n) is 6.71. The normalized spacial score (nSPS) is 17.6. The summed E-state index contributed by atoms with van der Waals surface area (Å²) < 4.78 is 10.6. The lowest BCUT2D eigenvalue weighted by Gasteiger charge is -2.33. The number of fused-ring (bicyclic) bond motifs is 1. The fourth-order valence-corrected chi connectivity index (χ4v) is 2.53. The van der Waals surface area contributed by atoms with E-state index in [2.05, 4.69) is 5.32 Å². The topological polar surface area (TPSA) is 67.9 Å². The summed E-state index contributed by atoms with van der Waals surface area (Å²) in [5.74, 6) is 0.897. The lowest BCUT2D eigenvalue weighted by Crippen LogP contribution is -2.53. The van der Waals surface area contributed by atoms with Gasteiger partial charge in [0.25, 0.3) is 0 Å². The number of methoxy groups -OCH3 is 2. The fourth-order valence-electron chi connectivity index (χ4n) is 2.53. The average Bonchev–Trinajstić information content (AvgIpc) is 2.50. The summed E-state index contributed by atoms with van der Waals surface area (Å²) in [6.45, 7) is 5.46. The van der Waals surface area contributed by atoms with Gasteiger partial charge in [0.05, 0.1) is 19.9 Å². The number of likely N-dealkylation sites (N-methyl/N-ethyl adjacent to an activating group) is 1. The Kier molecular flexibility index (Phi) is 4.54. The number of nitrogens with zero attached hydrogens (tertiary/aromatic N) is 1. The summed E-state index contributed by atoms with van der Waals surface area (Å²) in [6.07, 6.45) is 0.431. The molecule has 1 unspecified atom stereocenters. The maximum absolute atomic E-state index is 12.5. The van der Waals surface area contributed by atoms with Crippen molar-refractivity contribution in [2.45, 2.75) is 33.2 Å². The minimum Gasteiger partial charge on any atom is -0.493 e. The highest BCUT2D eigenvalue weighted by Gasteiger charge is 2.35. The Balaban J connectivity index is 2.35. The van der Waals surface area contributed by atoms with Crippen molar-refractivity contribution < 1.29 is 19.1 Å². The van der Waals surface area contributed by atoms with E-state index in [1.807, 2.05) is 26.8 Å². The standard InChI is InChI=1S/C17H24N2O4/c1-17(2,3)16(21)18-11-7-10-8-13(22-5)14(23-6)9-12(10)19(4)15(11)20/h8-9,11H,7H2,1-6H3,(H,18,21). The zero-order valence-corrected chi connectivity index (χ0v) is 14.5. The van der Waals surface area contributed by atoms with Gasteiger partial charge in [0.1, 0.15) is 6.04 Å². The van der Waals surface area contributed by atoms with Crippen molar-refractivity contribution in [3.05, 3.63) is 17.7 Å². The number of nitrogens with one attached hydrogen (secondary N) is 1. The Morgan fingerprint density at radius 3 is 2.30 bits per heavy atom. The van der Waals surface area contributed by atoms with Crippen LogP contribution in [0, 0.1) is 5.41 Å². The van der Waals surface area contributed by atoms with Crippen LogP contribution in [0.1, 0.15) is 26.3 Å². The third kappa shape index (κ3) is 3.25. The van der Waals surface area contributed by atoms with Gasteiger partial charge in [-0.05, 0) is 11.6 Å². The predicted molar refractivity (Wildman–Crippen MR) is 88.0 cm³/mol. The van der Waals surface area contributed by atoms with Crippen LogP contribution >= 0.6 is 0 Å². The average molecular weight is 320 g/mol. The molecule has 6 heteroatoms. The minimum absolute atomic E-state index is 0.137. The quantitative estimate of drug-likeness (QED) is 0.921. The van der Waals surface area contributed by atoms with Crippen LogP contribution in [-0.4, -0.2) is 39.1 Å². The maximum Gasteiger partial charge on any atom is 0.249 e. The number of ether oxygens (including phenoxy) is 2. The Labute approximate surface area is 136 Å². The van der Waals surface area contributed by atoms with E-state index < -0.39 is 11.5 Å². The summed E-state index contributed by atoms with van der Waals surface area (Å²) in [5, 5.41) is 2.84. The number of hydrogen-bond donors (Lipinski definition) is 1. The largest absolute Gasteiger partial charge is 0.493 e. The van der Waals surface area contributed by atoms with Crippen molar-refractivity contribution in [2.75, 3.05) is 26.2 Å². The third-order valence-corrected chi connectivity index (χ3v) is 3.99. The molecule has 2 amide bonds. The van der Waals surface area contributed by atoms with Gasteiger partial charge in [-0.15, -0.1) is 0 Å². The van der Waals surface area contributed by atoms with Crippen molar-refractivity contribution in [1.82, 2.24) is 5.32 Å². The van der Waals surface area contributed by atoms with E-state index in [1.165, 1.54) is 0 Å². The summed E-state index contributed by atoms with van der Waals surface area (Å²) in [4.78, 5) is 26.3. The van der Waals surface area contributed by atoms with Gasteiger partial charge in [-0.1, -0.05) is 20.8 Å². The van der Waals surface area contributed by atoms with Crippen LogP contribution in [0.4, 0.5) is 5.69 Å². The van der Waals surface area contributed by atoms with Crippen LogP contribution in [0.15, 0.2) is 12.1 Å². The molecule has 0 aromatic heterocycles. The number of carbonyl (C=O) groups excluding carboxylic acids is 2. The molecule has 0 fully saturated rings. The SMILES string of the molecule is COc1cc2c(cc1OC)N(C)C(=O)C(NC(=O)C(C)(C)C)C2. The molecule has 1 aromatic rings. The molecule has 126 valence electrons. The molecule has 0 radical (unpaired) electrons. The lowest BCUT2D eigenvalue weighted by atomic mass is 9.92. The second kappa shape index (κ2) is 6.10. The molecule has 1 atom stereocenters. The smallest absolute Gasteiger partial charge is 0.249 e. The maximum atomic E-state index is 12.5. The van der Waals surface area contributed by atoms with Crippen LogP contribution < -0.4 is 19.7 Å². The molecule has 0 bridgehead atoms. The van der Waals surface area contributed by atoms with Gasteiger partial charge in [-0.25, -0.2) is 0 Å². The number of anilines is 1. The molecule has 0 aliphatic carbocycles. The first-order chi connectivity index (χ1) is 10.7. The molecule has 1 aromatic carbocycles. The molecule has 0 spiro atoms. The Bertz CT molecular complexity index is 634. The van der Waals surface area contributed by atoms with Gasteiger partial charge in [0.2, 0.25) is 11.8 Å². The van der Waals surface area contributed by atoms with E-state index in [1.54, 1.807) is 32.2 Å². The van der Waals surface area contributed by atoms with Gasteiger partial charge in [-0.2, -0.15) is 0 Å². The van der Waals surface area contributed by atoms with Gasteiger partial charge < -0.3 is 19.7 Å². The van der Waals surface area contributed by atoms with Crippen molar-refractivity contribution in [3.8, 4) is 11.5 Å². The van der Waals surface area contributed by atoms with E-state index in [0.29, 0.717) is 17.9 Å². The van der Waals surface area contributed by atoms with Gasteiger partial charge >= 0.3 is 0 Å². The van der Waals surface area contributed by atoms with Crippen LogP contribution in [0.25, 0.3) is 0 Å². The summed E-state index contributed by atoms with van der Waals surface area (Å²) in [7, 11) is 4.82. The van der Waals surface area contributed by atoms with Crippen LogP contribution in [0.2, 0.25) is 0 Å². The van der Waals surface area contributed by atoms with Crippen molar-refractivity contribution in [1.29, 1.82) is 0 Å².